The molecule has 204 valence electrons. The summed E-state index contributed by atoms with van der Waals surface area (Å²) in [7, 11) is 1.88. The van der Waals surface area contributed by atoms with Crippen molar-refractivity contribution in [2.24, 2.45) is 7.05 Å². The van der Waals surface area contributed by atoms with Crippen molar-refractivity contribution >= 4 is 17.4 Å². The highest BCUT2D eigenvalue weighted by molar-refractivity contribution is 5.87. The van der Waals surface area contributed by atoms with Crippen molar-refractivity contribution < 1.29 is 9.53 Å². The Hall–Kier alpha value is -5.17. The van der Waals surface area contributed by atoms with Gasteiger partial charge in [-0.25, -0.2) is 14.3 Å². The molecular formula is C31H28N8O2. The molecule has 0 atom stereocenters. The Morgan fingerprint density at radius 3 is 2.61 bits per heavy atom. The molecule has 0 aliphatic carbocycles. The number of likely N-dealkylation sites (tertiary alicyclic amines) is 1. The number of aromatic nitrogens is 5. The van der Waals surface area contributed by atoms with Crippen molar-refractivity contribution in [3.8, 4) is 28.3 Å². The van der Waals surface area contributed by atoms with Crippen molar-refractivity contribution in [2.75, 3.05) is 24.5 Å². The summed E-state index contributed by atoms with van der Waals surface area (Å²) in [5, 5.41) is 18.4. The number of carbonyl (C=O) groups excluding carboxylic acids is 1. The molecule has 2 aliphatic heterocycles. The van der Waals surface area contributed by atoms with Gasteiger partial charge in [-0.05, 0) is 36.6 Å². The van der Waals surface area contributed by atoms with E-state index < -0.39 is 0 Å². The number of hydrogen-bond donors (Lipinski definition) is 0. The zero-order valence-corrected chi connectivity index (χ0v) is 22.6. The first-order chi connectivity index (χ1) is 20.0. The van der Waals surface area contributed by atoms with Crippen molar-refractivity contribution in [1.82, 2.24) is 29.3 Å². The summed E-state index contributed by atoms with van der Waals surface area (Å²) in [4.78, 5) is 21.9. The number of ether oxygens (including phenoxy) is 1. The molecular weight excluding hydrogens is 516 g/mol. The number of aryl methyl sites for hydroxylation is 1. The smallest absolute Gasteiger partial charge is 0.410 e. The number of anilines is 1. The van der Waals surface area contributed by atoms with Crippen LogP contribution in [0.3, 0.4) is 0 Å². The Morgan fingerprint density at radius 2 is 1.88 bits per heavy atom. The van der Waals surface area contributed by atoms with Gasteiger partial charge in [0.25, 0.3) is 0 Å². The maximum Gasteiger partial charge on any atom is 0.410 e. The van der Waals surface area contributed by atoms with Crippen LogP contribution in [0.4, 0.5) is 10.6 Å². The quantitative estimate of drug-likeness (QED) is 0.317. The van der Waals surface area contributed by atoms with Crippen molar-refractivity contribution in [1.29, 1.82) is 5.26 Å². The van der Waals surface area contributed by atoms with Gasteiger partial charge in [0.1, 0.15) is 18.5 Å². The van der Waals surface area contributed by atoms with E-state index in [1.165, 1.54) is 0 Å². The van der Waals surface area contributed by atoms with Crippen molar-refractivity contribution in [2.45, 2.75) is 25.0 Å². The van der Waals surface area contributed by atoms with Crippen LogP contribution >= 0.6 is 0 Å². The van der Waals surface area contributed by atoms with Crippen molar-refractivity contribution in [3.05, 3.63) is 90.6 Å². The second-order valence-electron chi connectivity index (χ2n) is 10.8. The molecule has 10 heteroatoms. The molecule has 1 spiro atoms. The number of amides is 1. The summed E-state index contributed by atoms with van der Waals surface area (Å²) >= 11 is 0. The summed E-state index contributed by atoms with van der Waals surface area (Å²) < 4.78 is 9.16. The molecule has 0 bridgehead atoms. The lowest BCUT2D eigenvalue weighted by molar-refractivity contribution is 0.0530. The summed E-state index contributed by atoms with van der Waals surface area (Å²) in [5.41, 5.74) is 5.70. The standard InChI is InChI=1S/C31H28N8O2/c1-36-17-26(16-34-36)24-12-27(29-25(13-32)15-35-39(29)18-24)23-8-9-28(33-14-23)37-20-31(21-37)10-5-11-38(31)30(40)41-19-22-6-3-2-4-7-22/h2-4,6-9,12,14-18H,5,10-11,19-21H2,1H3. The minimum Gasteiger partial charge on any atom is -0.445 e. The minimum atomic E-state index is -0.249. The first-order valence-corrected chi connectivity index (χ1v) is 13.6. The van der Waals surface area contributed by atoms with E-state index in [2.05, 4.69) is 27.2 Å². The van der Waals surface area contributed by atoms with Crippen LogP contribution in [0.15, 0.2) is 79.5 Å². The molecule has 1 amide bonds. The Bertz CT molecular complexity index is 1780. The van der Waals surface area contributed by atoms with E-state index in [0.29, 0.717) is 12.1 Å². The van der Waals surface area contributed by atoms with E-state index in [4.69, 9.17) is 9.72 Å². The number of carbonyl (C=O) groups is 1. The van der Waals surface area contributed by atoms with E-state index in [-0.39, 0.29) is 18.2 Å². The van der Waals surface area contributed by atoms with Gasteiger partial charge in [-0.3, -0.25) is 9.58 Å². The fraction of sp³-hybridized carbons (Fsp3) is 0.258. The molecule has 10 nitrogen and oxygen atoms in total. The van der Waals surface area contributed by atoms with E-state index in [1.807, 2.05) is 79.2 Å². The van der Waals surface area contributed by atoms with Gasteiger partial charge in [-0.15, -0.1) is 0 Å². The summed E-state index contributed by atoms with van der Waals surface area (Å²) in [5.74, 6) is 0.859. The number of benzene rings is 1. The molecule has 1 aromatic carbocycles. The monoisotopic (exact) mass is 544 g/mol. The summed E-state index contributed by atoms with van der Waals surface area (Å²) in [6.45, 7) is 2.44. The average Bonchev–Trinajstić information content (AvgIpc) is 3.73. The van der Waals surface area contributed by atoms with Crippen molar-refractivity contribution in [3.63, 3.8) is 0 Å². The molecule has 6 heterocycles. The molecule has 2 aliphatic rings. The first-order valence-electron chi connectivity index (χ1n) is 13.6. The summed E-state index contributed by atoms with van der Waals surface area (Å²) in [6.07, 6.45) is 10.8. The van der Waals surface area contributed by atoms with Gasteiger partial charge in [0.15, 0.2) is 0 Å². The van der Waals surface area contributed by atoms with E-state index >= 15 is 0 Å². The van der Waals surface area contributed by atoms with E-state index in [1.54, 1.807) is 15.4 Å². The van der Waals surface area contributed by atoms with Crippen LogP contribution in [0.2, 0.25) is 0 Å². The molecule has 5 aromatic rings. The molecule has 4 aromatic heterocycles. The average molecular weight is 545 g/mol. The Kier molecular flexibility index (Phi) is 5.93. The number of rotatable bonds is 5. The SMILES string of the molecule is Cn1cc(-c2cc(-c3ccc(N4CC5(CCCN5C(=O)OCc5ccccc5)C4)nc3)c3c(C#N)cnn3c2)cn1. The van der Waals surface area contributed by atoms with Crippen LogP contribution in [-0.4, -0.2) is 60.5 Å². The van der Waals surface area contributed by atoms with Gasteiger partial charge in [-0.2, -0.15) is 15.5 Å². The van der Waals surface area contributed by atoms with Crippen LogP contribution < -0.4 is 4.90 Å². The Morgan fingerprint density at radius 1 is 1.02 bits per heavy atom. The fourth-order valence-electron chi connectivity index (χ4n) is 6.06. The van der Waals surface area contributed by atoms with E-state index in [0.717, 1.165) is 65.1 Å². The minimum absolute atomic E-state index is 0.211. The second kappa shape index (κ2) is 9.78. The predicted octanol–water partition coefficient (Wildman–Crippen LogP) is 4.66. The van der Waals surface area contributed by atoms with Gasteiger partial charge in [0, 0.05) is 67.5 Å². The topological polar surface area (TPSA) is 105 Å². The third-order valence-electron chi connectivity index (χ3n) is 8.15. The largest absolute Gasteiger partial charge is 0.445 e. The fourth-order valence-corrected chi connectivity index (χ4v) is 6.06. The highest BCUT2D eigenvalue weighted by atomic mass is 16.6. The Labute approximate surface area is 237 Å². The molecule has 0 N–H and O–H groups in total. The van der Waals surface area contributed by atoms with Crippen LogP contribution in [0.5, 0.6) is 0 Å². The molecule has 0 unspecified atom stereocenters. The first kappa shape index (κ1) is 24.8. The third kappa shape index (κ3) is 4.36. The highest BCUT2D eigenvalue weighted by Crippen LogP contribution is 2.40. The van der Waals surface area contributed by atoms with Gasteiger partial charge < -0.3 is 9.64 Å². The molecule has 7 rings (SSSR count). The zero-order chi connectivity index (χ0) is 28.0. The van der Waals surface area contributed by atoms with Crippen LogP contribution in [0.25, 0.3) is 27.8 Å². The maximum atomic E-state index is 13.0. The predicted molar refractivity (Wildman–Crippen MR) is 153 cm³/mol. The normalized spacial score (nSPS) is 15.7. The van der Waals surface area contributed by atoms with Crippen LogP contribution in [0.1, 0.15) is 24.0 Å². The highest BCUT2D eigenvalue weighted by Gasteiger charge is 2.53. The van der Waals surface area contributed by atoms with Gasteiger partial charge in [0.2, 0.25) is 0 Å². The zero-order valence-electron chi connectivity index (χ0n) is 22.6. The molecule has 2 fully saturated rings. The molecule has 2 saturated heterocycles. The molecule has 0 saturated carbocycles. The third-order valence-corrected chi connectivity index (χ3v) is 8.15. The lowest BCUT2D eigenvalue weighted by Gasteiger charge is -2.52. The number of hydrogen-bond acceptors (Lipinski definition) is 7. The number of pyridine rings is 2. The Balaban J connectivity index is 1.10. The molecule has 41 heavy (non-hydrogen) atoms. The van der Waals surface area contributed by atoms with Gasteiger partial charge in [0.05, 0.1) is 29.0 Å². The maximum absolute atomic E-state index is 13.0. The summed E-state index contributed by atoms with van der Waals surface area (Å²) in [6, 6.07) is 18.1. The number of nitrogens with zero attached hydrogens (tertiary/aromatic N) is 8. The van der Waals surface area contributed by atoms with E-state index in [9.17, 15) is 10.1 Å². The number of nitriles is 1. The van der Waals surface area contributed by atoms with Crippen LogP contribution in [0, 0.1) is 11.3 Å². The van der Waals surface area contributed by atoms with Crippen LogP contribution in [-0.2, 0) is 18.4 Å². The van der Waals surface area contributed by atoms with Gasteiger partial charge >= 0.3 is 6.09 Å². The van der Waals surface area contributed by atoms with Gasteiger partial charge in [-0.1, -0.05) is 30.3 Å². The second-order valence-corrected chi connectivity index (χ2v) is 10.8. The lowest BCUT2D eigenvalue weighted by Crippen LogP contribution is -2.69. The molecule has 0 radical (unpaired) electrons. The lowest BCUT2D eigenvalue weighted by atomic mass is 9.87. The number of fused-ring (bicyclic) bond motifs is 1.